The fraction of sp³-hybridized carbons (Fsp3) is 1.00. The van der Waals surface area contributed by atoms with E-state index in [1.54, 1.807) is 0 Å². The van der Waals surface area contributed by atoms with Crippen LogP contribution in [0.15, 0.2) is 0 Å². The molecule has 2 unspecified atom stereocenters. The zero-order chi connectivity index (χ0) is 15.0. The molecule has 2 atom stereocenters. The molecule has 0 aromatic carbocycles. The van der Waals surface area contributed by atoms with Crippen molar-refractivity contribution < 1.29 is 16.8 Å². The summed E-state index contributed by atoms with van der Waals surface area (Å²) in [5, 5.41) is 4.37. The lowest BCUT2D eigenvalue weighted by atomic mass is 10.1. The number of piperidine rings is 2. The molecule has 0 aromatic rings. The average molecular weight is 325 g/mol. The molecule has 2 aliphatic rings. The highest BCUT2D eigenvalue weighted by Gasteiger charge is 2.39. The van der Waals surface area contributed by atoms with Crippen LogP contribution in [-0.4, -0.2) is 56.4 Å². The summed E-state index contributed by atoms with van der Waals surface area (Å²) in [7, 11) is -7.27. The SMILES string of the molecule is CC1CCCCN1S(=O)(=O)N1CCCC(S(N)(=O)=O)C1. The van der Waals surface area contributed by atoms with E-state index in [2.05, 4.69) is 0 Å². The van der Waals surface area contributed by atoms with Gasteiger partial charge in [0.2, 0.25) is 10.0 Å². The van der Waals surface area contributed by atoms with Crippen LogP contribution in [0.25, 0.3) is 0 Å². The van der Waals surface area contributed by atoms with Gasteiger partial charge in [-0.1, -0.05) is 6.42 Å². The summed E-state index contributed by atoms with van der Waals surface area (Å²) in [5.41, 5.74) is 0. The predicted octanol–water partition coefficient (Wildman–Crippen LogP) is -0.141. The van der Waals surface area contributed by atoms with Gasteiger partial charge in [0.1, 0.15) is 0 Å². The molecule has 9 heteroatoms. The van der Waals surface area contributed by atoms with Gasteiger partial charge in [-0.05, 0) is 32.6 Å². The molecule has 0 amide bonds. The third-order valence-corrected chi connectivity index (χ3v) is 7.60. The molecule has 2 rings (SSSR count). The van der Waals surface area contributed by atoms with E-state index >= 15 is 0 Å². The Hall–Kier alpha value is -0.220. The van der Waals surface area contributed by atoms with E-state index in [1.165, 1.54) is 8.61 Å². The highest BCUT2D eigenvalue weighted by Crippen LogP contribution is 2.25. The third kappa shape index (κ3) is 3.33. The van der Waals surface area contributed by atoms with E-state index in [1.807, 2.05) is 6.92 Å². The minimum absolute atomic E-state index is 0.0234. The Bertz CT molecular complexity index is 546. The zero-order valence-corrected chi connectivity index (χ0v) is 13.4. The standard InChI is InChI=1S/C11H23N3O4S2/c1-10-5-2-3-8-14(10)20(17,18)13-7-4-6-11(9-13)19(12,15)16/h10-11H,2-9H2,1H3,(H2,12,15,16). The lowest BCUT2D eigenvalue weighted by Gasteiger charge is -2.38. The van der Waals surface area contributed by atoms with Crippen LogP contribution in [0.1, 0.15) is 39.0 Å². The predicted molar refractivity (Wildman–Crippen MR) is 76.6 cm³/mol. The number of rotatable bonds is 3. The van der Waals surface area contributed by atoms with Crippen LogP contribution in [0, 0.1) is 0 Å². The number of hydrogen-bond donors (Lipinski definition) is 1. The summed E-state index contributed by atoms with van der Waals surface area (Å²) in [4.78, 5) is 0. The molecular weight excluding hydrogens is 302 g/mol. The largest absolute Gasteiger partial charge is 0.282 e. The Labute approximate surface area is 121 Å². The summed E-state index contributed by atoms with van der Waals surface area (Å²) < 4.78 is 51.0. The van der Waals surface area contributed by atoms with Gasteiger partial charge in [-0.15, -0.1) is 0 Å². The lowest BCUT2D eigenvalue weighted by Crippen LogP contribution is -2.54. The van der Waals surface area contributed by atoms with Crippen LogP contribution in [-0.2, 0) is 20.2 Å². The molecule has 0 radical (unpaired) electrons. The van der Waals surface area contributed by atoms with Crippen molar-refractivity contribution in [1.29, 1.82) is 0 Å². The van der Waals surface area contributed by atoms with Crippen molar-refractivity contribution in [3.8, 4) is 0 Å². The monoisotopic (exact) mass is 325 g/mol. The fourth-order valence-electron chi connectivity index (χ4n) is 2.95. The first-order valence-electron chi connectivity index (χ1n) is 7.01. The highest BCUT2D eigenvalue weighted by atomic mass is 32.2. The maximum Gasteiger partial charge on any atom is 0.282 e. The van der Waals surface area contributed by atoms with E-state index in [4.69, 9.17) is 5.14 Å². The summed E-state index contributed by atoms with van der Waals surface area (Å²) in [6, 6.07) is -0.0244. The second-order valence-corrected chi connectivity index (χ2v) is 9.40. The normalized spacial score (nSPS) is 31.3. The Morgan fingerprint density at radius 2 is 1.70 bits per heavy atom. The molecule has 0 aromatic heterocycles. The van der Waals surface area contributed by atoms with Crippen LogP contribution in [0.5, 0.6) is 0 Å². The molecule has 0 bridgehead atoms. The van der Waals surface area contributed by atoms with Crippen molar-refractivity contribution in [1.82, 2.24) is 8.61 Å². The lowest BCUT2D eigenvalue weighted by molar-refractivity contribution is 0.235. The van der Waals surface area contributed by atoms with Crippen LogP contribution in [0.2, 0.25) is 0 Å². The van der Waals surface area contributed by atoms with E-state index < -0.39 is 25.5 Å². The quantitative estimate of drug-likeness (QED) is 0.780. The molecule has 0 aliphatic carbocycles. The van der Waals surface area contributed by atoms with E-state index in [-0.39, 0.29) is 12.6 Å². The minimum Gasteiger partial charge on any atom is -0.228 e. The molecule has 7 nitrogen and oxygen atoms in total. The molecule has 2 fully saturated rings. The van der Waals surface area contributed by atoms with Gasteiger partial charge in [0.25, 0.3) is 10.2 Å². The van der Waals surface area contributed by atoms with Gasteiger partial charge in [0.15, 0.2) is 0 Å². The van der Waals surface area contributed by atoms with E-state index in [0.717, 1.165) is 19.3 Å². The Kier molecular flexibility index (Phi) is 4.75. The number of primary sulfonamides is 1. The molecule has 2 aliphatic heterocycles. The molecule has 2 saturated heterocycles. The third-order valence-electron chi connectivity index (χ3n) is 4.17. The van der Waals surface area contributed by atoms with Crippen molar-refractivity contribution in [3.63, 3.8) is 0 Å². The molecule has 0 saturated carbocycles. The van der Waals surface area contributed by atoms with Gasteiger partial charge in [-0.3, -0.25) is 0 Å². The van der Waals surface area contributed by atoms with Crippen LogP contribution in [0.3, 0.4) is 0 Å². The molecule has 2 heterocycles. The highest BCUT2D eigenvalue weighted by molar-refractivity contribution is 7.90. The zero-order valence-electron chi connectivity index (χ0n) is 11.7. The van der Waals surface area contributed by atoms with Gasteiger partial charge >= 0.3 is 0 Å². The number of sulfonamides is 1. The number of hydrogen-bond acceptors (Lipinski definition) is 4. The Morgan fingerprint density at radius 3 is 2.30 bits per heavy atom. The second kappa shape index (κ2) is 5.88. The van der Waals surface area contributed by atoms with E-state index in [0.29, 0.717) is 25.9 Å². The summed E-state index contributed by atoms with van der Waals surface area (Å²) in [5.74, 6) is 0. The maximum absolute atomic E-state index is 12.6. The molecule has 20 heavy (non-hydrogen) atoms. The fourth-order valence-corrected chi connectivity index (χ4v) is 5.87. The van der Waals surface area contributed by atoms with Crippen molar-refractivity contribution in [2.45, 2.75) is 50.3 Å². The van der Waals surface area contributed by atoms with Gasteiger partial charge in [0.05, 0.1) is 5.25 Å². The smallest absolute Gasteiger partial charge is 0.228 e. The van der Waals surface area contributed by atoms with Gasteiger partial charge in [0, 0.05) is 25.7 Å². The van der Waals surface area contributed by atoms with Crippen molar-refractivity contribution in [2.24, 2.45) is 5.14 Å². The topological polar surface area (TPSA) is 101 Å². The van der Waals surface area contributed by atoms with Crippen molar-refractivity contribution in [2.75, 3.05) is 19.6 Å². The first-order valence-corrected chi connectivity index (χ1v) is 10.0. The van der Waals surface area contributed by atoms with Crippen LogP contribution in [0.4, 0.5) is 0 Å². The Balaban J connectivity index is 2.16. The average Bonchev–Trinajstić information content (AvgIpc) is 2.38. The number of nitrogens with two attached hydrogens (primary N) is 1. The van der Waals surface area contributed by atoms with Gasteiger partial charge in [-0.2, -0.15) is 17.0 Å². The van der Waals surface area contributed by atoms with Crippen LogP contribution >= 0.6 is 0 Å². The molecular formula is C11H23N3O4S2. The van der Waals surface area contributed by atoms with Gasteiger partial charge in [-0.25, -0.2) is 13.6 Å². The summed E-state index contributed by atoms with van der Waals surface area (Å²) >= 11 is 0. The van der Waals surface area contributed by atoms with Crippen molar-refractivity contribution >= 4 is 20.2 Å². The van der Waals surface area contributed by atoms with E-state index in [9.17, 15) is 16.8 Å². The Morgan fingerprint density at radius 1 is 1.00 bits per heavy atom. The summed E-state index contributed by atoms with van der Waals surface area (Å²) in [6.45, 7) is 2.76. The van der Waals surface area contributed by atoms with Crippen molar-refractivity contribution in [3.05, 3.63) is 0 Å². The second-order valence-electron chi connectivity index (χ2n) is 5.67. The molecule has 2 N–H and O–H groups in total. The number of nitrogens with zero attached hydrogens (tertiary/aromatic N) is 2. The maximum atomic E-state index is 12.6. The summed E-state index contributed by atoms with van der Waals surface area (Å²) in [6.07, 6.45) is 3.71. The van der Waals surface area contributed by atoms with Crippen LogP contribution < -0.4 is 5.14 Å². The first kappa shape index (κ1) is 16.2. The minimum atomic E-state index is -3.69. The molecule has 118 valence electrons. The first-order chi connectivity index (χ1) is 9.23. The van der Waals surface area contributed by atoms with Gasteiger partial charge < -0.3 is 0 Å². The molecule has 0 spiro atoms.